The molecule has 4 rings (SSSR count). The Morgan fingerprint density at radius 3 is 2.47 bits per heavy atom. The Balaban J connectivity index is 0.00000141. The Bertz CT molecular complexity index is 1090. The molecule has 8 nitrogen and oxygen atoms in total. The van der Waals surface area contributed by atoms with Crippen LogP contribution in [-0.4, -0.2) is 44.5 Å². The number of rotatable bonds is 4. The minimum Gasteiger partial charge on any atom is -0.382 e. The third kappa shape index (κ3) is 4.87. The van der Waals surface area contributed by atoms with Gasteiger partial charge in [-0.3, -0.25) is 10.5 Å². The van der Waals surface area contributed by atoms with E-state index < -0.39 is 0 Å². The summed E-state index contributed by atoms with van der Waals surface area (Å²) >= 11 is 12.4. The Kier molecular flexibility index (Phi) is 7.38. The molecule has 32 heavy (non-hydrogen) atoms. The molecule has 0 amide bonds. The van der Waals surface area contributed by atoms with Gasteiger partial charge in [0.05, 0.1) is 21.5 Å². The molecule has 1 aromatic carbocycles. The molecule has 0 radical (unpaired) electrons. The second-order valence-corrected chi connectivity index (χ2v) is 8.50. The van der Waals surface area contributed by atoms with Crippen molar-refractivity contribution in [2.24, 2.45) is 5.73 Å². The van der Waals surface area contributed by atoms with Crippen LogP contribution in [0, 0.1) is 5.41 Å². The van der Waals surface area contributed by atoms with E-state index in [9.17, 15) is 0 Å². The number of anilines is 2. The number of nitrogen functional groups attached to an aromatic ring is 1. The summed E-state index contributed by atoms with van der Waals surface area (Å²) in [5.74, 6) is 0.788. The summed E-state index contributed by atoms with van der Waals surface area (Å²) in [7, 11) is 0. The Morgan fingerprint density at radius 2 is 1.84 bits per heavy atom. The number of H-pyrrole nitrogens is 1. The van der Waals surface area contributed by atoms with Crippen molar-refractivity contribution in [2.75, 3.05) is 23.7 Å². The largest absolute Gasteiger partial charge is 0.382 e. The lowest BCUT2D eigenvalue weighted by molar-refractivity contribution is 0.363. The number of aromatic nitrogens is 4. The maximum absolute atomic E-state index is 8.66. The van der Waals surface area contributed by atoms with Crippen LogP contribution in [-0.2, 0) is 0 Å². The lowest BCUT2D eigenvalue weighted by Gasteiger charge is -2.37. The van der Waals surface area contributed by atoms with E-state index in [4.69, 9.17) is 45.1 Å². The number of nitrogens with one attached hydrogen (secondary N) is 2. The molecule has 1 aliphatic rings. The number of hydrogen-bond acceptors (Lipinski definition) is 7. The van der Waals surface area contributed by atoms with Gasteiger partial charge in [-0.1, -0.05) is 49.2 Å². The Labute approximate surface area is 197 Å². The second-order valence-electron chi connectivity index (χ2n) is 7.72. The van der Waals surface area contributed by atoms with E-state index in [1.54, 1.807) is 30.5 Å². The van der Waals surface area contributed by atoms with Crippen molar-refractivity contribution in [1.29, 1.82) is 5.41 Å². The number of piperidine rings is 1. The van der Waals surface area contributed by atoms with Crippen LogP contribution in [0.4, 0.5) is 11.6 Å². The van der Waals surface area contributed by atoms with Crippen molar-refractivity contribution in [2.45, 2.75) is 39.2 Å². The zero-order valence-electron chi connectivity index (χ0n) is 18.4. The number of hydrogen-bond donors (Lipinski definition) is 4. The first-order chi connectivity index (χ1) is 15.3. The summed E-state index contributed by atoms with van der Waals surface area (Å²) in [6, 6.07) is 6.90. The SMILES string of the molecule is CC.CC1(N)CCN(c2nc(N)c(C(=N)c3cccc(Cl)c3Cl)nc2-c2ccn[nH]2)CC1. The first-order valence-corrected chi connectivity index (χ1v) is 11.3. The molecule has 2 aromatic heterocycles. The van der Waals surface area contributed by atoms with Gasteiger partial charge in [-0.25, -0.2) is 9.97 Å². The molecule has 10 heteroatoms. The third-order valence-electron chi connectivity index (χ3n) is 5.32. The molecule has 170 valence electrons. The van der Waals surface area contributed by atoms with E-state index in [2.05, 4.69) is 27.0 Å². The van der Waals surface area contributed by atoms with Gasteiger partial charge >= 0.3 is 0 Å². The van der Waals surface area contributed by atoms with Gasteiger partial charge in [-0.2, -0.15) is 5.10 Å². The number of aromatic amines is 1. The lowest BCUT2D eigenvalue weighted by Crippen LogP contribution is -2.48. The van der Waals surface area contributed by atoms with Crippen LogP contribution >= 0.6 is 23.2 Å². The quantitative estimate of drug-likeness (QED) is 0.410. The summed E-state index contributed by atoms with van der Waals surface area (Å²) < 4.78 is 0. The van der Waals surface area contributed by atoms with Gasteiger partial charge in [0.2, 0.25) is 0 Å². The van der Waals surface area contributed by atoms with E-state index in [-0.39, 0.29) is 27.8 Å². The summed E-state index contributed by atoms with van der Waals surface area (Å²) in [4.78, 5) is 11.5. The van der Waals surface area contributed by atoms with Crippen LogP contribution in [0.2, 0.25) is 10.0 Å². The van der Waals surface area contributed by atoms with Gasteiger partial charge in [0.1, 0.15) is 11.4 Å². The van der Waals surface area contributed by atoms with Crippen molar-refractivity contribution >= 4 is 40.5 Å². The van der Waals surface area contributed by atoms with Crippen molar-refractivity contribution in [1.82, 2.24) is 20.2 Å². The van der Waals surface area contributed by atoms with Crippen LogP contribution in [0.25, 0.3) is 11.4 Å². The number of nitrogens with two attached hydrogens (primary N) is 2. The van der Waals surface area contributed by atoms with Crippen LogP contribution in [0.5, 0.6) is 0 Å². The van der Waals surface area contributed by atoms with Crippen LogP contribution in [0.15, 0.2) is 30.5 Å². The first kappa shape index (κ1) is 24.0. The molecule has 0 bridgehead atoms. The summed E-state index contributed by atoms with van der Waals surface area (Å²) in [5, 5.41) is 16.3. The van der Waals surface area contributed by atoms with E-state index in [0.29, 0.717) is 27.8 Å². The lowest BCUT2D eigenvalue weighted by atomic mass is 9.91. The predicted octanol–water partition coefficient (Wildman–Crippen LogP) is 4.52. The highest BCUT2D eigenvalue weighted by Crippen LogP contribution is 2.33. The zero-order chi connectivity index (χ0) is 23.5. The van der Waals surface area contributed by atoms with Gasteiger partial charge in [0.25, 0.3) is 0 Å². The van der Waals surface area contributed by atoms with Crippen LogP contribution < -0.4 is 16.4 Å². The maximum Gasteiger partial charge on any atom is 0.159 e. The fourth-order valence-corrected chi connectivity index (χ4v) is 3.86. The Hall–Kier alpha value is -2.68. The van der Waals surface area contributed by atoms with Gasteiger partial charge < -0.3 is 16.4 Å². The zero-order valence-corrected chi connectivity index (χ0v) is 19.9. The van der Waals surface area contributed by atoms with Crippen molar-refractivity contribution < 1.29 is 0 Å². The summed E-state index contributed by atoms with van der Waals surface area (Å²) in [6.45, 7) is 7.53. The molecule has 3 heterocycles. The van der Waals surface area contributed by atoms with Gasteiger partial charge in [0, 0.05) is 30.4 Å². The molecular formula is C22H28Cl2N8. The molecule has 3 aromatic rings. The Morgan fingerprint density at radius 1 is 1.16 bits per heavy atom. The minimum absolute atomic E-state index is 0.0491. The van der Waals surface area contributed by atoms with Crippen molar-refractivity contribution in [3.63, 3.8) is 0 Å². The molecule has 6 N–H and O–H groups in total. The van der Waals surface area contributed by atoms with Crippen LogP contribution in [0.3, 0.4) is 0 Å². The highest BCUT2D eigenvalue weighted by atomic mass is 35.5. The van der Waals surface area contributed by atoms with Crippen LogP contribution in [0.1, 0.15) is 44.9 Å². The van der Waals surface area contributed by atoms with Gasteiger partial charge in [-0.15, -0.1) is 0 Å². The topological polar surface area (TPSA) is 134 Å². The summed E-state index contributed by atoms with van der Waals surface area (Å²) in [5.41, 5.74) is 14.3. The molecular weight excluding hydrogens is 447 g/mol. The maximum atomic E-state index is 8.66. The van der Waals surface area contributed by atoms with Gasteiger partial charge in [-0.05, 0) is 31.9 Å². The molecule has 0 unspecified atom stereocenters. The van der Waals surface area contributed by atoms with Crippen molar-refractivity contribution in [3.05, 3.63) is 51.8 Å². The predicted molar refractivity (Wildman–Crippen MR) is 132 cm³/mol. The van der Waals surface area contributed by atoms with Crippen molar-refractivity contribution in [3.8, 4) is 11.4 Å². The molecule has 0 spiro atoms. The van der Waals surface area contributed by atoms with E-state index >= 15 is 0 Å². The van der Waals surface area contributed by atoms with E-state index in [0.717, 1.165) is 25.9 Å². The average Bonchev–Trinajstić information content (AvgIpc) is 3.31. The fourth-order valence-electron chi connectivity index (χ4n) is 3.47. The smallest absolute Gasteiger partial charge is 0.159 e. The number of halogens is 2. The molecule has 0 atom stereocenters. The summed E-state index contributed by atoms with van der Waals surface area (Å²) in [6.07, 6.45) is 3.29. The van der Waals surface area contributed by atoms with Gasteiger partial charge in [0.15, 0.2) is 11.6 Å². The fraction of sp³-hybridized carbons (Fsp3) is 0.364. The average molecular weight is 475 g/mol. The highest BCUT2D eigenvalue weighted by molar-refractivity contribution is 6.44. The van der Waals surface area contributed by atoms with E-state index in [1.165, 1.54) is 0 Å². The monoisotopic (exact) mass is 474 g/mol. The van der Waals surface area contributed by atoms with E-state index in [1.807, 2.05) is 13.8 Å². The molecule has 0 saturated carbocycles. The second kappa shape index (κ2) is 9.85. The minimum atomic E-state index is -0.199. The molecule has 1 aliphatic heterocycles. The third-order valence-corrected chi connectivity index (χ3v) is 6.14. The highest BCUT2D eigenvalue weighted by Gasteiger charge is 2.30. The normalized spacial score (nSPS) is 15.1. The molecule has 1 saturated heterocycles. The standard InChI is InChI=1S/C20H22Cl2N8.C2H6/c1-20(25)6-9-30(10-7-20)19-16(13-5-8-26-29-13)27-17(18(24)28-19)15(23)11-3-2-4-12(21)14(11)22;1-2/h2-5,8,23H,6-7,9-10,25H2,1H3,(H2,24,28)(H,26,29);1-2H3. The molecule has 1 fully saturated rings. The number of benzene rings is 1. The first-order valence-electron chi connectivity index (χ1n) is 10.5. The number of nitrogens with zero attached hydrogens (tertiary/aromatic N) is 4. The molecule has 0 aliphatic carbocycles.